The summed E-state index contributed by atoms with van der Waals surface area (Å²) in [5, 5.41) is 31.6. The van der Waals surface area contributed by atoms with Crippen molar-refractivity contribution in [3.63, 3.8) is 0 Å². The Labute approximate surface area is 487 Å². The standard InChI is InChI=1S/C32H21Cl4N9O7S4.C22H22N2/c33-27(34)29(46)39-22-3-1-2-21-25(22)23(42-40-17-4-8-19(9-5-17)55(48,49)44-31-37-12-14-53-31)16-24(26(21)52-30(47)28(35)36)43-41-18-6-10-20(11-7-18)56(50,51)45-32-38-13-15-54-32;1-14-5-4-6-17(11-14)22(18-7-9-20(23)15(2)12-18)19-8-10-21(24)16(3)13-19/h1-16,27-28H,(H,37,44)(H,38,45)(H,39,46);4-13,23H,24H2,1-3H3/b;22-18+,23-20?. The molecule has 0 radical (unpaired) electrons. The van der Waals surface area contributed by atoms with Crippen LogP contribution in [0.3, 0.4) is 0 Å². The van der Waals surface area contributed by atoms with E-state index in [1.54, 1.807) is 10.8 Å². The van der Waals surface area contributed by atoms with Crippen molar-refractivity contribution in [1.82, 2.24) is 9.97 Å². The third-order valence-electron chi connectivity index (χ3n) is 11.4. The molecule has 0 aliphatic heterocycles. The van der Waals surface area contributed by atoms with Gasteiger partial charge in [-0.2, -0.15) is 10.2 Å². The fourth-order valence-electron chi connectivity index (χ4n) is 7.57. The van der Waals surface area contributed by atoms with Crippen LogP contribution in [0.1, 0.15) is 29.2 Å². The number of esters is 1. The molecule has 1 aliphatic carbocycles. The third kappa shape index (κ3) is 14.6. The molecule has 1 aliphatic rings. The van der Waals surface area contributed by atoms with Gasteiger partial charge in [0.25, 0.3) is 26.0 Å². The highest BCUT2D eigenvalue weighted by molar-refractivity contribution is 7.93. The number of fused-ring (bicyclic) bond motifs is 1. The van der Waals surface area contributed by atoms with Gasteiger partial charge in [0.2, 0.25) is 4.84 Å². The van der Waals surface area contributed by atoms with Crippen LogP contribution in [0, 0.1) is 19.3 Å². The number of sulfonamides is 2. The second-order valence-electron chi connectivity index (χ2n) is 17.1. The normalized spacial score (nSPS) is 13.4. The zero-order valence-electron chi connectivity index (χ0n) is 41.9. The van der Waals surface area contributed by atoms with Crippen molar-refractivity contribution >= 4 is 167 Å². The van der Waals surface area contributed by atoms with Gasteiger partial charge in [0.15, 0.2) is 20.8 Å². The topological polar surface area (TPSA) is 273 Å². The van der Waals surface area contributed by atoms with Crippen molar-refractivity contribution < 1.29 is 31.2 Å². The zero-order chi connectivity index (χ0) is 57.3. The fourth-order valence-corrected chi connectivity index (χ4v) is 11.3. The van der Waals surface area contributed by atoms with Gasteiger partial charge in [0.1, 0.15) is 5.69 Å². The van der Waals surface area contributed by atoms with E-state index in [2.05, 4.69) is 94.6 Å². The maximum absolute atomic E-state index is 12.8. The minimum absolute atomic E-state index is 0.0514. The van der Waals surface area contributed by atoms with Crippen molar-refractivity contribution in [2.75, 3.05) is 20.5 Å². The van der Waals surface area contributed by atoms with E-state index in [-0.39, 0.29) is 65.0 Å². The number of rotatable bonds is 16. The molecule has 2 aromatic heterocycles. The average molecular weight is 1230 g/mol. The smallest absolute Gasteiger partial charge is 0.344 e. The number of halogens is 4. The number of amides is 1. The summed E-state index contributed by atoms with van der Waals surface area (Å²) in [6.45, 7) is 6.12. The highest BCUT2D eigenvalue weighted by Gasteiger charge is 2.24. The third-order valence-corrected chi connectivity index (χ3v) is 16.5. The summed E-state index contributed by atoms with van der Waals surface area (Å²) in [5.41, 5.74) is 15.8. The van der Waals surface area contributed by atoms with Gasteiger partial charge in [0.05, 0.1) is 38.3 Å². The second kappa shape index (κ2) is 25.6. The number of anilines is 4. The molecule has 2 heterocycles. The van der Waals surface area contributed by atoms with Gasteiger partial charge in [0, 0.05) is 39.6 Å². The Balaban J connectivity index is 0.000000291. The number of carbonyl (C=O) groups excluding carboxylic acids is 2. The summed E-state index contributed by atoms with van der Waals surface area (Å²) in [6, 6.07) is 31.4. The van der Waals surface area contributed by atoms with E-state index >= 15 is 0 Å². The van der Waals surface area contributed by atoms with Gasteiger partial charge >= 0.3 is 5.97 Å². The van der Waals surface area contributed by atoms with Gasteiger partial charge in [-0.3, -0.25) is 14.2 Å². The summed E-state index contributed by atoms with van der Waals surface area (Å²) in [7, 11) is -7.91. The molecule has 0 saturated carbocycles. The molecule has 0 saturated heterocycles. The van der Waals surface area contributed by atoms with Crippen LogP contribution in [0.2, 0.25) is 0 Å². The number of azo groups is 2. The van der Waals surface area contributed by atoms with Crippen LogP contribution in [-0.4, -0.2) is 54.1 Å². The summed E-state index contributed by atoms with van der Waals surface area (Å²) in [4.78, 5) is 30.0. The van der Waals surface area contributed by atoms with E-state index < -0.39 is 41.6 Å². The minimum Gasteiger partial charge on any atom is -0.421 e. The number of carbonyl (C=O) groups is 2. The Morgan fingerprint density at radius 2 is 1.25 bits per heavy atom. The second-order valence-corrected chi connectivity index (χ2v) is 24.4. The maximum atomic E-state index is 12.8. The van der Waals surface area contributed by atoms with Gasteiger partial charge in [-0.15, -0.1) is 32.9 Å². The van der Waals surface area contributed by atoms with Crippen molar-refractivity contribution in [1.29, 1.82) is 5.41 Å². The molecule has 0 bridgehead atoms. The van der Waals surface area contributed by atoms with Crippen LogP contribution in [0.15, 0.2) is 198 Å². The summed E-state index contributed by atoms with van der Waals surface area (Å²) in [6.07, 6.45) is 8.90. The lowest BCUT2D eigenvalue weighted by Crippen LogP contribution is -2.19. The van der Waals surface area contributed by atoms with Gasteiger partial charge in [-0.05, 0) is 139 Å². The number of benzene rings is 6. The number of hydrogen-bond acceptors (Lipinski definition) is 17. The van der Waals surface area contributed by atoms with E-state index in [9.17, 15) is 26.4 Å². The Bertz CT molecular complexity index is 4040. The number of aryl methyl sites for hydroxylation is 2. The van der Waals surface area contributed by atoms with Crippen molar-refractivity contribution in [2.24, 2.45) is 20.5 Å². The molecule has 6 N–H and O–H groups in total. The van der Waals surface area contributed by atoms with Gasteiger partial charge in [-0.25, -0.2) is 31.6 Å². The van der Waals surface area contributed by atoms with Crippen molar-refractivity contribution in [3.05, 3.63) is 190 Å². The van der Waals surface area contributed by atoms with E-state index in [4.69, 9.17) is 62.3 Å². The van der Waals surface area contributed by atoms with Crippen LogP contribution >= 0.6 is 69.1 Å². The average Bonchev–Trinajstić information content (AvgIpc) is 4.15. The molecule has 6 aromatic carbocycles. The van der Waals surface area contributed by atoms with Crippen molar-refractivity contribution in [3.8, 4) is 5.75 Å². The zero-order valence-corrected chi connectivity index (χ0v) is 48.2. The molecule has 26 heteroatoms. The van der Waals surface area contributed by atoms with Crippen LogP contribution in [0.4, 0.5) is 44.4 Å². The molecule has 18 nitrogen and oxygen atoms in total. The largest absolute Gasteiger partial charge is 0.421 e. The molecule has 0 fully saturated rings. The molecule has 8 aromatic rings. The van der Waals surface area contributed by atoms with Crippen LogP contribution in [0.5, 0.6) is 5.75 Å². The molecular weight excluding hydrogens is 1180 g/mol. The monoisotopic (exact) mass is 1230 g/mol. The first-order valence-electron chi connectivity index (χ1n) is 23.4. The minimum atomic E-state index is -3.95. The molecule has 0 spiro atoms. The first-order valence-corrected chi connectivity index (χ1v) is 29.8. The number of nitrogens with zero attached hydrogens (tertiary/aromatic N) is 6. The highest BCUT2D eigenvalue weighted by Crippen LogP contribution is 2.46. The number of ether oxygens (including phenoxy) is 1. The van der Waals surface area contributed by atoms with E-state index in [0.29, 0.717) is 5.71 Å². The lowest BCUT2D eigenvalue weighted by Gasteiger charge is -2.17. The molecule has 0 atom stereocenters. The van der Waals surface area contributed by atoms with Gasteiger partial charge < -0.3 is 21.2 Å². The number of nitrogens with two attached hydrogens (primary N) is 1. The first kappa shape index (κ1) is 58.5. The molecule has 9 rings (SSSR count). The highest BCUT2D eigenvalue weighted by atomic mass is 35.5. The van der Waals surface area contributed by atoms with Crippen LogP contribution in [-0.2, 0) is 29.6 Å². The number of allylic oxidation sites excluding steroid dienone is 5. The Morgan fingerprint density at radius 3 is 1.77 bits per heavy atom. The summed E-state index contributed by atoms with van der Waals surface area (Å²) < 4.78 is 61.6. The summed E-state index contributed by atoms with van der Waals surface area (Å²) in [5.74, 6) is -2.06. The number of nitrogen functional groups attached to an aromatic ring is 1. The summed E-state index contributed by atoms with van der Waals surface area (Å²) >= 11 is 25.5. The maximum Gasteiger partial charge on any atom is 0.344 e. The number of nitrogens with one attached hydrogen (secondary N) is 4. The number of thiazole rings is 2. The number of aromatic nitrogens is 2. The van der Waals surface area contributed by atoms with E-state index in [0.717, 1.165) is 50.6 Å². The number of hydrogen-bond donors (Lipinski definition) is 5. The molecule has 80 heavy (non-hydrogen) atoms. The first-order chi connectivity index (χ1) is 38.1. The Kier molecular flexibility index (Phi) is 18.7. The molecule has 0 unspecified atom stereocenters. The molecular formula is C54H43Cl4N11O7S4. The van der Waals surface area contributed by atoms with Crippen LogP contribution < -0.4 is 25.2 Å². The van der Waals surface area contributed by atoms with Gasteiger partial charge in [-0.1, -0.05) is 101 Å². The molecule has 408 valence electrons. The number of alkyl halides is 4. The SMILES string of the molecule is CC1=C/C(=C(\c2cccc(C)c2)c2ccc(N)c(C)c2)C=CC1=N.O=C(Nc1cccc2c(OC(=O)C(Cl)Cl)c(N=Nc3ccc(S(=O)(=O)Nc4nccs4)cc3)cc(N=Nc3ccc(S(=O)(=O)Nc4nccs4)cc3)c12)C(Cl)Cl. The quantitative estimate of drug-likeness (QED) is 0.0201. The molecule has 1 amide bonds. The Hall–Kier alpha value is -7.67. The lowest BCUT2D eigenvalue weighted by molar-refractivity contribution is -0.132. The Morgan fingerprint density at radius 1 is 0.675 bits per heavy atom. The van der Waals surface area contributed by atoms with Crippen molar-refractivity contribution in [2.45, 2.75) is 40.2 Å². The van der Waals surface area contributed by atoms with E-state index in [1.807, 2.05) is 32.1 Å². The fraction of sp³-hybridized carbons (Fsp3) is 0.0926. The predicted molar refractivity (Wildman–Crippen MR) is 320 cm³/mol. The predicted octanol–water partition coefficient (Wildman–Crippen LogP) is 14.9. The van der Waals surface area contributed by atoms with Crippen LogP contribution in [0.25, 0.3) is 16.3 Å². The van der Waals surface area contributed by atoms with E-state index in [1.165, 1.54) is 102 Å². The lowest BCUT2D eigenvalue weighted by atomic mass is 9.88.